The van der Waals surface area contributed by atoms with E-state index in [9.17, 15) is 0 Å². The van der Waals surface area contributed by atoms with Gasteiger partial charge in [0, 0.05) is 33.2 Å². The Morgan fingerprint density at radius 1 is 0.588 bits per heavy atom. The van der Waals surface area contributed by atoms with E-state index in [1.807, 2.05) is 0 Å². The lowest BCUT2D eigenvalue weighted by Crippen LogP contribution is -1.84. The maximum absolute atomic E-state index is 6.62. The molecule has 4 aromatic carbocycles. The zero-order valence-electron chi connectivity index (χ0n) is 19.3. The summed E-state index contributed by atoms with van der Waals surface area (Å²) in [5.41, 5.74) is 10.2. The van der Waals surface area contributed by atoms with Crippen LogP contribution < -0.4 is 0 Å². The van der Waals surface area contributed by atoms with Crippen LogP contribution in [0.2, 0.25) is 0 Å². The molecule has 0 aliphatic heterocycles. The van der Waals surface area contributed by atoms with Gasteiger partial charge in [-0.25, -0.2) is 0 Å². The van der Waals surface area contributed by atoms with Crippen molar-refractivity contribution in [3.63, 3.8) is 0 Å². The molecular weight excluding hydrogens is 414 g/mol. The van der Waals surface area contributed by atoms with E-state index in [0.717, 1.165) is 45.0 Å². The minimum absolute atomic E-state index is 0.870. The molecule has 6 aromatic rings. The number of fused-ring (bicyclic) bond motifs is 1. The van der Waals surface area contributed by atoms with Gasteiger partial charge in [-0.3, -0.25) is 0 Å². The van der Waals surface area contributed by atoms with Crippen molar-refractivity contribution >= 4 is 10.9 Å². The first kappa shape index (κ1) is 20.3. The summed E-state index contributed by atoms with van der Waals surface area (Å²) < 4.78 is 6.62. The third-order valence-electron chi connectivity index (χ3n) is 6.42. The highest BCUT2D eigenvalue weighted by Gasteiger charge is 2.22. The van der Waals surface area contributed by atoms with Crippen molar-refractivity contribution in [1.82, 2.24) is 4.98 Å². The molecule has 0 saturated carbocycles. The van der Waals surface area contributed by atoms with E-state index in [4.69, 9.17) is 4.42 Å². The first-order valence-electron chi connectivity index (χ1n) is 11.6. The van der Waals surface area contributed by atoms with Crippen LogP contribution in [0.25, 0.3) is 55.9 Å². The fraction of sp³-hybridized carbons (Fsp3) is 0.0625. The average molecular weight is 440 g/mol. The number of benzene rings is 4. The summed E-state index contributed by atoms with van der Waals surface area (Å²) in [5.74, 6) is 1.76. The number of hydrogen-bond donors (Lipinski definition) is 1. The monoisotopic (exact) mass is 439 g/mol. The Labute approximate surface area is 199 Å². The van der Waals surface area contributed by atoms with Gasteiger partial charge in [0.25, 0.3) is 0 Å². The highest BCUT2D eigenvalue weighted by molar-refractivity contribution is 6.06. The van der Waals surface area contributed by atoms with Crippen molar-refractivity contribution in [2.75, 3.05) is 0 Å². The standard InChI is InChI=1S/C32H25NO/c1-21-12-16-23(17-13-21)29-20-27(32(34-29)25-18-14-22(2)15-19-25)30-26-10-6-7-11-28(26)33-31(30)24-8-4-3-5-9-24/h3-20,33H,1-2H3. The number of aryl methyl sites for hydroxylation is 2. The number of hydrogen-bond acceptors (Lipinski definition) is 1. The largest absolute Gasteiger partial charge is 0.455 e. The number of H-pyrrole nitrogens is 1. The molecule has 0 amide bonds. The Hall–Kier alpha value is -4.30. The predicted octanol–water partition coefficient (Wildman–Crippen LogP) is 9.05. The molecule has 2 heteroatoms. The van der Waals surface area contributed by atoms with Crippen LogP contribution in [0.15, 0.2) is 114 Å². The molecule has 0 radical (unpaired) electrons. The highest BCUT2D eigenvalue weighted by atomic mass is 16.3. The van der Waals surface area contributed by atoms with E-state index >= 15 is 0 Å². The fourth-order valence-corrected chi connectivity index (χ4v) is 4.60. The Bertz CT molecular complexity index is 1580. The molecule has 0 fully saturated rings. The van der Waals surface area contributed by atoms with Crippen LogP contribution in [0.3, 0.4) is 0 Å². The van der Waals surface area contributed by atoms with Crippen LogP contribution in [0.4, 0.5) is 0 Å². The summed E-state index contributed by atoms with van der Waals surface area (Å²) in [4.78, 5) is 3.68. The molecule has 0 aliphatic rings. The van der Waals surface area contributed by atoms with E-state index in [1.54, 1.807) is 0 Å². The van der Waals surface area contributed by atoms with Gasteiger partial charge in [0.2, 0.25) is 0 Å². The lowest BCUT2D eigenvalue weighted by molar-refractivity contribution is 0.598. The molecule has 0 spiro atoms. The number of nitrogens with one attached hydrogen (secondary N) is 1. The van der Waals surface area contributed by atoms with Crippen LogP contribution in [0, 0.1) is 13.8 Å². The predicted molar refractivity (Wildman–Crippen MR) is 142 cm³/mol. The minimum atomic E-state index is 0.870. The Morgan fingerprint density at radius 3 is 1.91 bits per heavy atom. The van der Waals surface area contributed by atoms with Gasteiger partial charge in [-0.1, -0.05) is 108 Å². The van der Waals surface area contributed by atoms with Crippen molar-refractivity contribution in [2.24, 2.45) is 0 Å². The summed E-state index contributed by atoms with van der Waals surface area (Å²) in [6.45, 7) is 4.21. The van der Waals surface area contributed by atoms with Crippen LogP contribution in [0.1, 0.15) is 11.1 Å². The van der Waals surface area contributed by atoms with Crippen molar-refractivity contribution in [3.05, 3.63) is 120 Å². The zero-order valence-corrected chi connectivity index (χ0v) is 19.3. The molecule has 164 valence electrons. The van der Waals surface area contributed by atoms with E-state index in [2.05, 4.69) is 128 Å². The lowest BCUT2D eigenvalue weighted by Gasteiger charge is -2.07. The van der Waals surface area contributed by atoms with Gasteiger partial charge < -0.3 is 9.40 Å². The van der Waals surface area contributed by atoms with Crippen molar-refractivity contribution in [2.45, 2.75) is 13.8 Å². The maximum atomic E-state index is 6.62. The molecular formula is C32H25NO. The molecule has 0 bridgehead atoms. The Morgan fingerprint density at radius 2 is 1.21 bits per heavy atom. The fourth-order valence-electron chi connectivity index (χ4n) is 4.60. The van der Waals surface area contributed by atoms with Crippen molar-refractivity contribution in [3.8, 4) is 45.0 Å². The molecule has 2 aromatic heterocycles. The molecule has 0 atom stereocenters. The number of para-hydroxylation sites is 1. The van der Waals surface area contributed by atoms with Gasteiger partial charge >= 0.3 is 0 Å². The minimum Gasteiger partial charge on any atom is -0.455 e. The van der Waals surface area contributed by atoms with E-state index < -0.39 is 0 Å². The normalized spacial score (nSPS) is 11.2. The number of aromatic nitrogens is 1. The van der Waals surface area contributed by atoms with E-state index in [1.165, 1.54) is 22.1 Å². The zero-order chi connectivity index (χ0) is 23.1. The first-order chi connectivity index (χ1) is 16.7. The van der Waals surface area contributed by atoms with Crippen molar-refractivity contribution < 1.29 is 4.42 Å². The molecule has 0 aliphatic carbocycles. The maximum Gasteiger partial charge on any atom is 0.142 e. The average Bonchev–Trinajstić information content (AvgIpc) is 3.47. The van der Waals surface area contributed by atoms with Crippen molar-refractivity contribution in [1.29, 1.82) is 0 Å². The summed E-state index contributed by atoms with van der Waals surface area (Å²) in [5, 5.41) is 1.19. The first-order valence-corrected chi connectivity index (χ1v) is 11.6. The summed E-state index contributed by atoms with van der Waals surface area (Å²) >= 11 is 0. The van der Waals surface area contributed by atoms with Gasteiger partial charge in [0.1, 0.15) is 11.5 Å². The molecule has 2 nitrogen and oxygen atoms in total. The van der Waals surface area contributed by atoms with Crippen LogP contribution in [-0.2, 0) is 0 Å². The molecule has 0 saturated heterocycles. The molecule has 6 rings (SSSR count). The van der Waals surface area contributed by atoms with Crippen LogP contribution in [-0.4, -0.2) is 4.98 Å². The molecule has 2 heterocycles. The SMILES string of the molecule is Cc1ccc(-c2cc(-c3c(-c4ccccc4)[nH]c4ccccc34)c(-c3ccc(C)cc3)o2)cc1. The second-order valence-electron chi connectivity index (χ2n) is 8.87. The number of rotatable bonds is 4. The number of furan rings is 1. The third-order valence-corrected chi connectivity index (χ3v) is 6.42. The summed E-state index contributed by atoms with van der Waals surface area (Å²) in [7, 11) is 0. The van der Waals surface area contributed by atoms with Gasteiger partial charge in [-0.15, -0.1) is 0 Å². The third kappa shape index (κ3) is 3.54. The molecule has 34 heavy (non-hydrogen) atoms. The smallest absolute Gasteiger partial charge is 0.142 e. The van der Waals surface area contributed by atoms with Crippen LogP contribution >= 0.6 is 0 Å². The summed E-state index contributed by atoms with van der Waals surface area (Å²) in [6.07, 6.45) is 0. The van der Waals surface area contributed by atoms with Gasteiger partial charge in [-0.2, -0.15) is 0 Å². The Balaban J connectivity index is 1.66. The van der Waals surface area contributed by atoms with Crippen LogP contribution in [0.5, 0.6) is 0 Å². The topological polar surface area (TPSA) is 28.9 Å². The molecule has 0 unspecified atom stereocenters. The van der Waals surface area contributed by atoms with E-state index in [0.29, 0.717) is 0 Å². The second-order valence-corrected chi connectivity index (χ2v) is 8.87. The Kier molecular flexibility index (Phi) is 4.92. The summed E-state index contributed by atoms with van der Waals surface area (Å²) in [6, 6.07) is 38.3. The highest BCUT2D eigenvalue weighted by Crippen LogP contribution is 2.45. The second kappa shape index (κ2) is 8.24. The molecule has 1 N–H and O–H groups in total. The lowest BCUT2D eigenvalue weighted by atomic mass is 9.95. The quantitative estimate of drug-likeness (QED) is 0.292. The van der Waals surface area contributed by atoms with Gasteiger partial charge in [0.05, 0.1) is 5.69 Å². The van der Waals surface area contributed by atoms with Gasteiger partial charge in [0.15, 0.2) is 0 Å². The number of aromatic amines is 1. The van der Waals surface area contributed by atoms with E-state index in [-0.39, 0.29) is 0 Å². The van der Waals surface area contributed by atoms with Gasteiger partial charge in [-0.05, 0) is 31.5 Å².